The molecule has 1 saturated heterocycles. The van der Waals surface area contributed by atoms with Crippen molar-refractivity contribution >= 4 is 11.8 Å². The van der Waals surface area contributed by atoms with Gasteiger partial charge in [0.25, 0.3) is 0 Å². The number of nitrogens with zero attached hydrogens (tertiary/aromatic N) is 2. The lowest BCUT2D eigenvalue weighted by Crippen LogP contribution is -2.36. The van der Waals surface area contributed by atoms with Crippen molar-refractivity contribution in [1.29, 1.82) is 0 Å². The fourth-order valence-corrected chi connectivity index (χ4v) is 2.38. The number of ether oxygens (including phenoxy) is 1. The van der Waals surface area contributed by atoms with Crippen LogP contribution >= 0.6 is 0 Å². The normalized spacial score (nSPS) is 14.8. The van der Waals surface area contributed by atoms with E-state index in [0.717, 1.165) is 24.5 Å². The third-order valence-corrected chi connectivity index (χ3v) is 3.53. The zero-order valence-electron chi connectivity index (χ0n) is 12.6. The van der Waals surface area contributed by atoms with E-state index in [9.17, 15) is 4.79 Å². The Labute approximate surface area is 125 Å². The molecule has 0 spiro atoms. The van der Waals surface area contributed by atoms with E-state index in [0.29, 0.717) is 19.7 Å². The molecule has 1 fully saturated rings. The molecule has 6 heteroatoms. The van der Waals surface area contributed by atoms with Crippen molar-refractivity contribution in [3.8, 4) is 0 Å². The van der Waals surface area contributed by atoms with Crippen LogP contribution in [0.25, 0.3) is 0 Å². The average Bonchev–Trinajstić information content (AvgIpc) is 2.54. The summed E-state index contributed by atoms with van der Waals surface area (Å²) in [5.74, 6) is 1.01. The van der Waals surface area contributed by atoms with Gasteiger partial charge in [-0.25, -0.2) is 9.78 Å². The van der Waals surface area contributed by atoms with Gasteiger partial charge in [-0.15, -0.1) is 0 Å². The first kappa shape index (κ1) is 15.6. The first-order valence-corrected chi connectivity index (χ1v) is 7.50. The second-order valence-corrected chi connectivity index (χ2v) is 5.17. The van der Waals surface area contributed by atoms with Gasteiger partial charge in [0.1, 0.15) is 5.82 Å². The van der Waals surface area contributed by atoms with E-state index < -0.39 is 0 Å². The standard InChI is InChI=1S/C15H24N4O2/c1-21-10-7-17-15(20)18-12-13-5-6-16-14(11-13)19-8-3-2-4-9-19/h5-6,11H,2-4,7-10,12H2,1H3,(H2,17,18,20). The Morgan fingerprint density at radius 3 is 2.90 bits per heavy atom. The largest absolute Gasteiger partial charge is 0.383 e. The van der Waals surface area contributed by atoms with E-state index in [-0.39, 0.29) is 6.03 Å². The smallest absolute Gasteiger partial charge is 0.315 e. The third-order valence-electron chi connectivity index (χ3n) is 3.53. The molecule has 0 aromatic carbocycles. The molecule has 0 radical (unpaired) electrons. The summed E-state index contributed by atoms with van der Waals surface area (Å²) >= 11 is 0. The number of hydrogen-bond acceptors (Lipinski definition) is 4. The summed E-state index contributed by atoms with van der Waals surface area (Å²) in [5, 5.41) is 5.57. The Morgan fingerprint density at radius 1 is 1.33 bits per heavy atom. The monoisotopic (exact) mass is 292 g/mol. The molecule has 1 aromatic rings. The third kappa shape index (κ3) is 5.23. The van der Waals surface area contributed by atoms with Gasteiger partial charge in [0.2, 0.25) is 0 Å². The van der Waals surface area contributed by atoms with Crippen LogP contribution in [0.15, 0.2) is 18.3 Å². The number of pyridine rings is 1. The van der Waals surface area contributed by atoms with Gasteiger partial charge in [-0.3, -0.25) is 0 Å². The summed E-state index contributed by atoms with van der Waals surface area (Å²) in [6, 6.07) is 3.81. The summed E-state index contributed by atoms with van der Waals surface area (Å²) in [6.07, 6.45) is 5.57. The number of piperidine rings is 1. The Balaban J connectivity index is 1.81. The zero-order valence-corrected chi connectivity index (χ0v) is 12.6. The van der Waals surface area contributed by atoms with E-state index in [1.54, 1.807) is 7.11 Å². The Morgan fingerprint density at radius 2 is 2.14 bits per heavy atom. The summed E-state index contributed by atoms with van der Waals surface area (Å²) in [4.78, 5) is 18.3. The number of anilines is 1. The number of hydrogen-bond donors (Lipinski definition) is 2. The van der Waals surface area contributed by atoms with Crippen molar-refractivity contribution in [3.05, 3.63) is 23.9 Å². The first-order valence-electron chi connectivity index (χ1n) is 7.50. The summed E-state index contributed by atoms with van der Waals surface area (Å²) in [6.45, 7) is 3.67. The van der Waals surface area contributed by atoms with Gasteiger partial charge in [0.05, 0.1) is 6.61 Å². The zero-order chi connectivity index (χ0) is 14.9. The van der Waals surface area contributed by atoms with E-state index in [1.807, 2.05) is 12.3 Å². The molecule has 0 saturated carbocycles. The molecular formula is C15H24N4O2. The maximum atomic E-state index is 11.6. The molecule has 1 aliphatic rings. The van der Waals surface area contributed by atoms with Gasteiger partial charge in [0.15, 0.2) is 0 Å². The van der Waals surface area contributed by atoms with Gasteiger partial charge < -0.3 is 20.3 Å². The van der Waals surface area contributed by atoms with Crippen LogP contribution in [-0.2, 0) is 11.3 Å². The lowest BCUT2D eigenvalue weighted by Gasteiger charge is -2.27. The Kier molecular flexibility index (Phi) is 6.27. The van der Waals surface area contributed by atoms with E-state index in [2.05, 4.69) is 26.6 Å². The highest BCUT2D eigenvalue weighted by Crippen LogP contribution is 2.18. The lowest BCUT2D eigenvalue weighted by atomic mass is 10.1. The second kappa shape index (κ2) is 8.46. The number of methoxy groups -OCH3 is 1. The van der Waals surface area contributed by atoms with E-state index in [4.69, 9.17) is 4.74 Å². The molecule has 1 aliphatic heterocycles. The minimum absolute atomic E-state index is 0.177. The van der Waals surface area contributed by atoms with Gasteiger partial charge >= 0.3 is 6.03 Å². The second-order valence-electron chi connectivity index (χ2n) is 5.17. The van der Waals surface area contributed by atoms with Crippen LogP contribution < -0.4 is 15.5 Å². The predicted molar refractivity (Wildman–Crippen MR) is 82.4 cm³/mol. The highest BCUT2D eigenvalue weighted by atomic mass is 16.5. The summed E-state index contributed by atoms with van der Waals surface area (Å²) in [7, 11) is 1.61. The maximum Gasteiger partial charge on any atom is 0.315 e. The van der Waals surface area contributed by atoms with Crippen molar-refractivity contribution in [3.63, 3.8) is 0 Å². The molecule has 0 bridgehead atoms. The Hall–Kier alpha value is -1.82. The topological polar surface area (TPSA) is 66.5 Å². The minimum Gasteiger partial charge on any atom is -0.383 e. The number of rotatable bonds is 6. The first-order chi connectivity index (χ1) is 10.3. The fraction of sp³-hybridized carbons (Fsp3) is 0.600. The SMILES string of the molecule is COCCNC(=O)NCc1ccnc(N2CCCCC2)c1. The Bertz CT molecular complexity index is 447. The van der Waals surface area contributed by atoms with Crippen molar-refractivity contribution in [1.82, 2.24) is 15.6 Å². The molecule has 0 unspecified atom stereocenters. The summed E-state index contributed by atoms with van der Waals surface area (Å²) < 4.78 is 4.88. The van der Waals surface area contributed by atoms with Gasteiger partial charge in [-0.05, 0) is 37.0 Å². The quantitative estimate of drug-likeness (QED) is 0.780. The van der Waals surface area contributed by atoms with Gasteiger partial charge in [-0.2, -0.15) is 0 Å². The molecule has 2 amide bonds. The number of nitrogens with one attached hydrogen (secondary N) is 2. The molecule has 2 rings (SSSR count). The molecule has 116 valence electrons. The lowest BCUT2D eigenvalue weighted by molar-refractivity contribution is 0.196. The number of urea groups is 1. The number of carbonyl (C=O) groups is 1. The van der Waals surface area contributed by atoms with Crippen molar-refractivity contribution < 1.29 is 9.53 Å². The fourth-order valence-electron chi connectivity index (χ4n) is 2.38. The maximum absolute atomic E-state index is 11.6. The highest BCUT2D eigenvalue weighted by Gasteiger charge is 2.12. The molecule has 21 heavy (non-hydrogen) atoms. The van der Waals surface area contributed by atoms with Crippen LogP contribution in [0.3, 0.4) is 0 Å². The molecule has 6 nitrogen and oxygen atoms in total. The molecule has 2 N–H and O–H groups in total. The highest BCUT2D eigenvalue weighted by molar-refractivity contribution is 5.73. The van der Waals surface area contributed by atoms with Crippen molar-refractivity contribution in [2.45, 2.75) is 25.8 Å². The molecular weight excluding hydrogens is 268 g/mol. The molecule has 2 heterocycles. The summed E-state index contributed by atoms with van der Waals surface area (Å²) in [5.41, 5.74) is 1.06. The van der Waals surface area contributed by atoms with Crippen molar-refractivity contribution in [2.75, 3.05) is 38.3 Å². The molecule has 0 atom stereocenters. The van der Waals surface area contributed by atoms with Crippen LogP contribution in [-0.4, -0.2) is 44.4 Å². The van der Waals surface area contributed by atoms with E-state index in [1.165, 1.54) is 19.3 Å². The van der Waals surface area contributed by atoms with Crippen LogP contribution in [0, 0.1) is 0 Å². The number of amides is 2. The molecule has 1 aromatic heterocycles. The van der Waals surface area contributed by atoms with Gasteiger partial charge in [0, 0.05) is 39.5 Å². The predicted octanol–water partition coefficient (Wildman–Crippen LogP) is 1.52. The number of carbonyl (C=O) groups excluding carboxylic acids is 1. The van der Waals surface area contributed by atoms with E-state index >= 15 is 0 Å². The minimum atomic E-state index is -0.177. The van der Waals surface area contributed by atoms with Crippen LogP contribution in [0.1, 0.15) is 24.8 Å². The van der Waals surface area contributed by atoms with Crippen LogP contribution in [0.5, 0.6) is 0 Å². The van der Waals surface area contributed by atoms with Crippen molar-refractivity contribution in [2.24, 2.45) is 0 Å². The number of aromatic nitrogens is 1. The van der Waals surface area contributed by atoms with Crippen LogP contribution in [0.2, 0.25) is 0 Å². The molecule has 0 aliphatic carbocycles. The average molecular weight is 292 g/mol. The van der Waals surface area contributed by atoms with Crippen LogP contribution in [0.4, 0.5) is 10.6 Å². The van der Waals surface area contributed by atoms with Gasteiger partial charge in [-0.1, -0.05) is 0 Å².